The number of nitrogens with one attached hydrogen (secondary N) is 1. The number of nitrogens with zero attached hydrogens (tertiary/aromatic N) is 2. The number of benzene rings is 1. The minimum absolute atomic E-state index is 0.0259. The number of hydrogen-bond acceptors (Lipinski definition) is 5. The normalized spacial score (nSPS) is 20.7. The predicted molar refractivity (Wildman–Crippen MR) is 121 cm³/mol. The third-order valence-electron chi connectivity index (χ3n) is 6.04. The van der Waals surface area contributed by atoms with Crippen molar-refractivity contribution < 1.29 is 17.9 Å². The van der Waals surface area contributed by atoms with E-state index in [1.54, 1.807) is 4.90 Å². The Balaban J connectivity index is 1.47. The molecule has 1 aromatic carbocycles. The molecule has 0 radical (unpaired) electrons. The van der Waals surface area contributed by atoms with Gasteiger partial charge >= 0.3 is 0 Å². The summed E-state index contributed by atoms with van der Waals surface area (Å²) in [7, 11) is -3.02. The Kier molecular flexibility index (Phi) is 6.14. The molecule has 0 aliphatic carbocycles. The first-order valence-corrected chi connectivity index (χ1v) is 13.1. The van der Waals surface area contributed by atoms with Crippen molar-refractivity contribution >= 4 is 42.6 Å². The number of H-pyrrole nitrogens is 1. The van der Waals surface area contributed by atoms with Crippen molar-refractivity contribution in [1.29, 1.82) is 0 Å². The summed E-state index contributed by atoms with van der Waals surface area (Å²) in [4.78, 5) is 20.0. The molecule has 0 spiro atoms. The zero-order chi connectivity index (χ0) is 21.5. The number of piperidine rings is 1. The van der Waals surface area contributed by atoms with E-state index in [-0.39, 0.29) is 36.6 Å². The Morgan fingerprint density at radius 3 is 2.43 bits per heavy atom. The van der Waals surface area contributed by atoms with Crippen LogP contribution in [0.15, 0.2) is 22.7 Å². The number of aromatic nitrogens is 1. The van der Waals surface area contributed by atoms with Crippen LogP contribution in [0.1, 0.15) is 37.2 Å². The lowest BCUT2D eigenvalue weighted by molar-refractivity contribution is 0.0765. The van der Waals surface area contributed by atoms with Gasteiger partial charge in [-0.25, -0.2) is 8.42 Å². The highest BCUT2D eigenvalue weighted by Crippen LogP contribution is 2.33. The third kappa shape index (κ3) is 4.68. The molecule has 2 aromatic rings. The van der Waals surface area contributed by atoms with Gasteiger partial charge in [-0.05, 0) is 60.8 Å². The van der Waals surface area contributed by atoms with Crippen molar-refractivity contribution in [2.75, 3.05) is 37.7 Å². The molecule has 0 saturated carbocycles. The molecule has 2 saturated heterocycles. The van der Waals surface area contributed by atoms with Crippen LogP contribution in [-0.2, 0) is 9.84 Å². The van der Waals surface area contributed by atoms with Gasteiger partial charge in [0.1, 0.15) is 17.5 Å². The number of likely N-dealkylation sites (tertiary alicyclic amines) is 1. The second-order valence-corrected chi connectivity index (χ2v) is 11.6. The topological polar surface area (TPSA) is 82.7 Å². The van der Waals surface area contributed by atoms with Gasteiger partial charge in [-0.3, -0.25) is 4.79 Å². The van der Waals surface area contributed by atoms with Crippen LogP contribution in [0.3, 0.4) is 0 Å². The molecule has 7 nitrogen and oxygen atoms in total. The summed E-state index contributed by atoms with van der Waals surface area (Å²) in [6.07, 6.45) is 2.18. The van der Waals surface area contributed by atoms with Crippen LogP contribution in [0.5, 0.6) is 5.75 Å². The Morgan fingerprint density at radius 1 is 1.13 bits per heavy atom. The molecule has 30 heavy (non-hydrogen) atoms. The van der Waals surface area contributed by atoms with Crippen molar-refractivity contribution in [3.8, 4) is 5.75 Å². The predicted octanol–water partition coefficient (Wildman–Crippen LogP) is 3.05. The highest BCUT2D eigenvalue weighted by molar-refractivity contribution is 9.10. The van der Waals surface area contributed by atoms with E-state index in [1.165, 1.54) is 0 Å². The molecule has 0 atom stereocenters. The molecule has 0 bridgehead atoms. The van der Waals surface area contributed by atoms with Gasteiger partial charge in [0.05, 0.1) is 16.0 Å². The number of hydrogen-bond donors (Lipinski definition) is 1. The average Bonchev–Trinajstić information content (AvgIpc) is 3.11. The van der Waals surface area contributed by atoms with E-state index in [4.69, 9.17) is 4.74 Å². The van der Waals surface area contributed by atoms with Crippen molar-refractivity contribution in [1.82, 2.24) is 14.8 Å². The van der Waals surface area contributed by atoms with E-state index in [9.17, 15) is 13.2 Å². The second kappa shape index (κ2) is 8.51. The standard InChI is InChI=1S/C21H28BrN3O4S/c1-14(2)24-5-3-16(4-6-24)29-20-12-15-11-19(23-18(15)13-17(20)22)21(26)25-7-9-30(27,28)10-8-25/h11-14,16,23H,3-10H2,1-2H3. The minimum atomic E-state index is -3.02. The summed E-state index contributed by atoms with van der Waals surface area (Å²) in [5.74, 6) is 0.671. The Bertz CT molecular complexity index is 1030. The number of fused-ring (bicyclic) bond motifs is 1. The van der Waals surface area contributed by atoms with Crippen molar-refractivity contribution in [2.45, 2.75) is 38.8 Å². The van der Waals surface area contributed by atoms with Crippen LogP contribution in [-0.4, -0.2) is 78.9 Å². The molecular weight excluding hydrogens is 470 g/mol. The summed E-state index contributed by atoms with van der Waals surface area (Å²) in [6, 6.07) is 6.28. The first-order valence-electron chi connectivity index (χ1n) is 10.4. The SMILES string of the molecule is CC(C)N1CCC(Oc2cc3cc(C(=O)N4CCS(=O)(=O)CC4)[nH]c3cc2Br)CC1. The molecule has 2 aliphatic rings. The smallest absolute Gasteiger partial charge is 0.270 e. The summed E-state index contributed by atoms with van der Waals surface area (Å²) >= 11 is 3.60. The Hall–Kier alpha value is -1.58. The highest BCUT2D eigenvalue weighted by Gasteiger charge is 2.27. The van der Waals surface area contributed by atoms with Gasteiger partial charge in [-0.15, -0.1) is 0 Å². The van der Waals surface area contributed by atoms with Gasteiger partial charge in [0, 0.05) is 43.1 Å². The zero-order valence-corrected chi connectivity index (χ0v) is 19.8. The van der Waals surface area contributed by atoms with Crippen LogP contribution >= 0.6 is 15.9 Å². The molecule has 3 heterocycles. The zero-order valence-electron chi connectivity index (χ0n) is 17.4. The van der Waals surface area contributed by atoms with Gasteiger partial charge in [0.25, 0.3) is 5.91 Å². The molecule has 1 amide bonds. The lowest BCUT2D eigenvalue weighted by atomic mass is 10.1. The molecule has 2 aliphatic heterocycles. The van der Waals surface area contributed by atoms with E-state index < -0.39 is 9.84 Å². The first-order chi connectivity index (χ1) is 14.2. The molecule has 2 fully saturated rings. The maximum absolute atomic E-state index is 12.8. The number of carbonyl (C=O) groups is 1. The lowest BCUT2D eigenvalue weighted by Crippen LogP contribution is -2.43. The molecule has 1 aromatic heterocycles. The fraction of sp³-hybridized carbons (Fsp3) is 0.571. The summed E-state index contributed by atoms with van der Waals surface area (Å²) in [5.41, 5.74) is 1.32. The van der Waals surface area contributed by atoms with Crippen LogP contribution in [0.4, 0.5) is 0 Å². The number of sulfone groups is 1. The molecular formula is C21H28BrN3O4S. The van der Waals surface area contributed by atoms with Crippen LogP contribution in [0.25, 0.3) is 10.9 Å². The molecule has 9 heteroatoms. The summed E-state index contributed by atoms with van der Waals surface area (Å²) in [5, 5.41) is 0.904. The van der Waals surface area contributed by atoms with Gasteiger partial charge in [0.15, 0.2) is 9.84 Å². The number of aromatic amines is 1. The number of ether oxygens (including phenoxy) is 1. The van der Waals surface area contributed by atoms with E-state index in [2.05, 4.69) is 39.7 Å². The molecule has 4 rings (SSSR count). The lowest BCUT2D eigenvalue weighted by Gasteiger charge is -2.34. The fourth-order valence-electron chi connectivity index (χ4n) is 4.11. The third-order valence-corrected chi connectivity index (χ3v) is 8.26. The van der Waals surface area contributed by atoms with Gasteiger partial charge in [-0.1, -0.05) is 0 Å². The van der Waals surface area contributed by atoms with Gasteiger partial charge in [0.2, 0.25) is 0 Å². The monoisotopic (exact) mass is 497 g/mol. The highest BCUT2D eigenvalue weighted by atomic mass is 79.9. The van der Waals surface area contributed by atoms with Gasteiger partial charge < -0.3 is 19.5 Å². The summed E-state index contributed by atoms with van der Waals surface area (Å²) in [6.45, 7) is 7.00. The molecule has 0 unspecified atom stereocenters. The Morgan fingerprint density at radius 2 is 1.80 bits per heavy atom. The molecule has 1 N–H and O–H groups in total. The molecule has 164 valence electrons. The number of amides is 1. The summed E-state index contributed by atoms with van der Waals surface area (Å²) < 4.78 is 30.4. The average molecular weight is 498 g/mol. The van der Waals surface area contributed by atoms with Crippen LogP contribution in [0.2, 0.25) is 0 Å². The second-order valence-electron chi connectivity index (χ2n) is 8.44. The number of halogens is 1. The van der Waals surface area contributed by atoms with Crippen molar-refractivity contribution in [3.05, 3.63) is 28.4 Å². The van der Waals surface area contributed by atoms with E-state index in [0.717, 1.165) is 47.1 Å². The van der Waals surface area contributed by atoms with E-state index >= 15 is 0 Å². The van der Waals surface area contributed by atoms with Crippen molar-refractivity contribution in [3.63, 3.8) is 0 Å². The van der Waals surface area contributed by atoms with Crippen LogP contribution < -0.4 is 4.74 Å². The van der Waals surface area contributed by atoms with Crippen LogP contribution in [0, 0.1) is 0 Å². The van der Waals surface area contributed by atoms with Gasteiger partial charge in [-0.2, -0.15) is 0 Å². The largest absolute Gasteiger partial charge is 0.489 e. The quantitative estimate of drug-likeness (QED) is 0.701. The number of carbonyl (C=O) groups excluding carboxylic acids is 1. The minimum Gasteiger partial charge on any atom is -0.489 e. The number of rotatable bonds is 4. The maximum atomic E-state index is 12.8. The fourth-order valence-corrected chi connectivity index (χ4v) is 5.75. The maximum Gasteiger partial charge on any atom is 0.270 e. The first kappa shape index (κ1) is 21.6. The van der Waals surface area contributed by atoms with E-state index in [0.29, 0.717) is 11.7 Å². The Labute approximate surface area is 185 Å². The van der Waals surface area contributed by atoms with Crippen molar-refractivity contribution in [2.24, 2.45) is 0 Å². The van der Waals surface area contributed by atoms with E-state index in [1.807, 2.05) is 18.2 Å².